The van der Waals surface area contributed by atoms with Gasteiger partial charge in [-0.25, -0.2) is 20.0 Å². The van der Waals surface area contributed by atoms with Crippen LogP contribution in [0.2, 0.25) is 0 Å². The number of imide groups is 1. The highest BCUT2D eigenvalue weighted by Crippen LogP contribution is 2.26. The minimum Gasteiger partial charge on any atom is -0.323 e. The summed E-state index contributed by atoms with van der Waals surface area (Å²) < 4.78 is 1.57. The van der Waals surface area contributed by atoms with Gasteiger partial charge >= 0.3 is 12.1 Å². The molecule has 0 saturated carbocycles. The molecule has 2 aromatic rings. The fraction of sp³-hybridized carbons (Fsp3) is 0.500. The van der Waals surface area contributed by atoms with Gasteiger partial charge in [0, 0.05) is 31.8 Å². The molecule has 0 radical (unpaired) electrons. The van der Waals surface area contributed by atoms with Crippen LogP contribution in [0.3, 0.4) is 0 Å². The first kappa shape index (κ1) is 21.4. The van der Waals surface area contributed by atoms with Crippen LogP contribution in [0, 0.1) is 16.7 Å². The summed E-state index contributed by atoms with van der Waals surface area (Å²) in [6.07, 6.45) is 2.23. The minimum absolute atomic E-state index is 0.193. The van der Waals surface area contributed by atoms with E-state index in [0.717, 1.165) is 0 Å². The van der Waals surface area contributed by atoms with Crippen molar-refractivity contribution in [1.29, 1.82) is 5.26 Å². The Morgan fingerprint density at radius 2 is 2.06 bits per heavy atom. The highest BCUT2D eigenvalue weighted by atomic mass is 16.2. The molecule has 0 aliphatic carbocycles. The van der Waals surface area contributed by atoms with Crippen LogP contribution in [0.4, 0.5) is 15.4 Å². The molecule has 32 heavy (non-hydrogen) atoms. The molecule has 5 amide bonds. The molecule has 0 bridgehead atoms. The molecule has 2 aliphatic rings. The summed E-state index contributed by atoms with van der Waals surface area (Å²) in [6.45, 7) is 7.15. The van der Waals surface area contributed by atoms with Crippen LogP contribution in [-0.2, 0) is 4.79 Å². The summed E-state index contributed by atoms with van der Waals surface area (Å²) in [6, 6.07) is 4.47. The molecule has 168 valence electrons. The maximum Gasteiger partial charge on any atom is 0.336 e. The lowest BCUT2D eigenvalue weighted by molar-refractivity contribution is -0.125. The molecule has 4 rings (SSSR count). The number of rotatable bonds is 3. The normalized spacial score (nSPS) is 17.8. The van der Waals surface area contributed by atoms with Crippen molar-refractivity contribution in [3.05, 3.63) is 24.0 Å². The number of hydrogen-bond acceptors (Lipinski definition) is 7. The first-order chi connectivity index (χ1) is 15.1. The van der Waals surface area contributed by atoms with Gasteiger partial charge in [0.1, 0.15) is 17.3 Å². The van der Waals surface area contributed by atoms with E-state index in [1.54, 1.807) is 32.8 Å². The molecule has 0 aromatic carbocycles. The number of amides is 5. The van der Waals surface area contributed by atoms with Crippen LogP contribution in [-0.4, -0.2) is 62.6 Å². The third-order valence-electron chi connectivity index (χ3n) is 5.51. The standard InChI is InChI=1S/C20H25N9O3/c1-19(2,3)12-28(15-10-13(11-21)23-14-4-7-22-29(14)15)26-18(32)27-8-5-20(6-9-27)16(30)24-17(31)25-20/h4,7,10H,5-6,8-9,12H2,1-3H3,(H,26,32)(H2,24,25,30,31). The van der Waals surface area contributed by atoms with Gasteiger partial charge in [-0.2, -0.15) is 14.9 Å². The number of hydrazine groups is 1. The van der Waals surface area contributed by atoms with Crippen LogP contribution in [0.5, 0.6) is 0 Å². The van der Waals surface area contributed by atoms with Crippen molar-refractivity contribution in [1.82, 2.24) is 35.6 Å². The first-order valence-corrected chi connectivity index (χ1v) is 10.3. The topological polar surface area (TPSA) is 148 Å². The van der Waals surface area contributed by atoms with Gasteiger partial charge in [0.15, 0.2) is 11.5 Å². The average Bonchev–Trinajstić information content (AvgIpc) is 3.30. The van der Waals surface area contributed by atoms with Gasteiger partial charge in [0.05, 0.1) is 6.20 Å². The van der Waals surface area contributed by atoms with E-state index in [2.05, 4.69) is 26.1 Å². The fourth-order valence-electron chi connectivity index (χ4n) is 3.96. The largest absolute Gasteiger partial charge is 0.336 e. The Labute approximate surface area is 184 Å². The molecule has 2 saturated heterocycles. The van der Waals surface area contributed by atoms with E-state index in [1.807, 2.05) is 26.8 Å². The first-order valence-electron chi connectivity index (χ1n) is 10.3. The second-order valence-corrected chi connectivity index (χ2v) is 9.25. The molecule has 3 N–H and O–H groups in total. The van der Waals surface area contributed by atoms with Crippen LogP contribution in [0.15, 0.2) is 18.3 Å². The lowest BCUT2D eigenvalue weighted by Gasteiger charge is -2.39. The van der Waals surface area contributed by atoms with Crippen molar-refractivity contribution < 1.29 is 14.4 Å². The Morgan fingerprint density at radius 1 is 1.34 bits per heavy atom. The van der Waals surface area contributed by atoms with E-state index < -0.39 is 11.6 Å². The molecule has 12 heteroatoms. The zero-order valence-corrected chi connectivity index (χ0v) is 18.2. The van der Waals surface area contributed by atoms with Crippen molar-refractivity contribution in [2.75, 3.05) is 24.6 Å². The number of nitrogens with zero attached hydrogens (tertiary/aromatic N) is 6. The summed E-state index contributed by atoms with van der Waals surface area (Å²) in [7, 11) is 0. The van der Waals surface area contributed by atoms with E-state index in [1.165, 1.54) is 0 Å². The number of nitriles is 1. The van der Waals surface area contributed by atoms with E-state index in [0.29, 0.717) is 43.9 Å². The number of carbonyl (C=O) groups is 3. The quantitative estimate of drug-likeness (QED) is 0.472. The molecule has 12 nitrogen and oxygen atoms in total. The number of nitrogens with one attached hydrogen (secondary N) is 3. The third kappa shape index (κ3) is 4.01. The molecule has 2 fully saturated rings. The predicted octanol–water partition coefficient (Wildman–Crippen LogP) is 0.752. The monoisotopic (exact) mass is 439 g/mol. The number of anilines is 1. The summed E-state index contributed by atoms with van der Waals surface area (Å²) in [4.78, 5) is 42.6. The lowest BCUT2D eigenvalue weighted by Crippen LogP contribution is -2.59. The number of piperidine rings is 1. The van der Waals surface area contributed by atoms with Gasteiger partial charge in [0.25, 0.3) is 5.91 Å². The van der Waals surface area contributed by atoms with Crippen molar-refractivity contribution >= 4 is 29.4 Å². The minimum atomic E-state index is -0.951. The Kier molecular flexibility index (Phi) is 5.12. The summed E-state index contributed by atoms with van der Waals surface area (Å²) in [5.74, 6) is 0.162. The van der Waals surface area contributed by atoms with E-state index in [9.17, 15) is 19.6 Å². The van der Waals surface area contributed by atoms with Crippen LogP contribution in [0.1, 0.15) is 39.3 Å². The number of urea groups is 2. The van der Waals surface area contributed by atoms with Gasteiger partial charge in [0.2, 0.25) is 0 Å². The third-order valence-corrected chi connectivity index (χ3v) is 5.51. The van der Waals surface area contributed by atoms with Gasteiger partial charge < -0.3 is 10.2 Å². The van der Waals surface area contributed by atoms with Gasteiger partial charge in [-0.05, 0) is 18.3 Å². The average molecular weight is 439 g/mol. The molecule has 2 aliphatic heterocycles. The summed E-state index contributed by atoms with van der Waals surface area (Å²) in [5.41, 5.74) is 2.49. The van der Waals surface area contributed by atoms with Crippen LogP contribution in [0.25, 0.3) is 5.65 Å². The van der Waals surface area contributed by atoms with Gasteiger partial charge in [-0.3, -0.25) is 15.1 Å². The molecule has 1 spiro atoms. The van der Waals surface area contributed by atoms with Crippen LogP contribution < -0.4 is 21.1 Å². The predicted molar refractivity (Wildman–Crippen MR) is 113 cm³/mol. The molecular weight excluding hydrogens is 414 g/mol. The maximum atomic E-state index is 13.1. The van der Waals surface area contributed by atoms with Crippen LogP contribution >= 0.6 is 0 Å². The number of fused-ring (bicyclic) bond motifs is 1. The van der Waals surface area contributed by atoms with Crippen molar-refractivity contribution in [2.45, 2.75) is 39.2 Å². The molecule has 2 aromatic heterocycles. The lowest BCUT2D eigenvalue weighted by atomic mass is 9.88. The maximum absolute atomic E-state index is 13.1. The molecular formula is C20H25N9O3. The molecule has 0 unspecified atom stereocenters. The van der Waals surface area contributed by atoms with Crippen molar-refractivity contribution in [2.24, 2.45) is 5.41 Å². The Balaban J connectivity index is 1.55. The van der Waals surface area contributed by atoms with Gasteiger partial charge in [-0.1, -0.05) is 20.8 Å². The number of hydrogen-bond donors (Lipinski definition) is 3. The Morgan fingerprint density at radius 3 is 2.66 bits per heavy atom. The Hall–Kier alpha value is -3.88. The zero-order chi connectivity index (χ0) is 23.1. The Bertz CT molecular complexity index is 1120. The smallest absolute Gasteiger partial charge is 0.323 e. The second-order valence-electron chi connectivity index (χ2n) is 9.25. The fourth-order valence-corrected chi connectivity index (χ4v) is 3.96. The van der Waals surface area contributed by atoms with E-state index >= 15 is 0 Å². The number of likely N-dealkylation sites (tertiary alicyclic amines) is 1. The highest BCUT2D eigenvalue weighted by molar-refractivity contribution is 6.07. The van der Waals surface area contributed by atoms with Gasteiger partial charge in [-0.15, -0.1) is 0 Å². The number of carbonyl (C=O) groups excluding carboxylic acids is 3. The van der Waals surface area contributed by atoms with Crippen molar-refractivity contribution in [3.8, 4) is 6.07 Å². The van der Waals surface area contributed by atoms with E-state index in [4.69, 9.17) is 0 Å². The zero-order valence-electron chi connectivity index (χ0n) is 18.2. The summed E-state index contributed by atoms with van der Waals surface area (Å²) >= 11 is 0. The second kappa shape index (κ2) is 7.67. The molecule has 4 heterocycles. The summed E-state index contributed by atoms with van der Waals surface area (Å²) in [5, 5.41) is 20.3. The van der Waals surface area contributed by atoms with Crippen molar-refractivity contribution in [3.63, 3.8) is 0 Å². The molecule has 0 atom stereocenters. The SMILES string of the molecule is CC(C)(C)CN(NC(=O)N1CCC2(CC1)NC(=O)NC2=O)c1cc(C#N)nc2ccnn12. The number of aromatic nitrogens is 3. The van der Waals surface area contributed by atoms with E-state index in [-0.39, 0.29) is 23.0 Å². The highest BCUT2D eigenvalue weighted by Gasteiger charge is 2.48.